The van der Waals surface area contributed by atoms with Crippen LogP contribution in [0, 0.1) is 30.1 Å². The molecule has 0 atom stereocenters. The van der Waals surface area contributed by atoms with Crippen LogP contribution in [0.15, 0.2) is 5.16 Å². The van der Waals surface area contributed by atoms with Crippen LogP contribution in [-0.2, 0) is 4.79 Å². The fourth-order valence-corrected chi connectivity index (χ4v) is 8.03. The van der Waals surface area contributed by atoms with Crippen LogP contribution in [0.3, 0.4) is 0 Å². The summed E-state index contributed by atoms with van der Waals surface area (Å²) in [5.74, 6) is 4.63. The van der Waals surface area contributed by atoms with Gasteiger partial charge in [-0.2, -0.15) is 0 Å². The minimum atomic E-state index is 0.0203. The molecule has 5 fully saturated rings. The molecule has 0 saturated heterocycles. The predicted octanol–water partition coefficient (Wildman–Crippen LogP) is 4.97. The maximum Gasteiger partial charge on any atom is 0.191 e. The first-order valence-electron chi connectivity index (χ1n) is 10.7. The fourth-order valence-electron chi connectivity index (χ4n) is 6.94. The van der Waals surface area contributed by atoms with Crippen LogP contribution in [0.2, 0.25) is 0 Å². The summed E-state index contributed by atoms with van der Waals surface area (Å²) in [5.41, 5.74) is 0.0203. The zero-order valence-corrected chi connectivity index (χ0v) is 16.8. The zero-order valence-electron chi connectivity index (χ0n) is 16.0. The number of hydrogen-bond acceptors (Lipinski definition) is 4. The molecule has 5 aliphatic carbocycles. The van der Waals surface area contributed by atoms with Crippen LogP contribution in [0.25, 0.3) is 0 Å². The van der Waals surface area contributed by atoms with Crippen molar-refractivity contribution >= 4 is 17.5 Å². The summed E-state index contributed by atoms with van der Waals surface area (Å²) in [5, 5.41) is 9.75. The number of carbonyl (C=O) groups is 1. The van der Waals surface area contributed by atoms with E-state index in [4.69, 9.17) is 0 Å². The Morgan fingerprint density at radius 1 is 1.04 bits per heavy atom. The van der Waals surface area contributed by atoms with Crippen molar-refractivity contribution in [3.05, 3.63) is 5.82 Å². The number of rotatable bonds is 5. The number of ketones is 1. The number of hydrogen-bond donors (Lipinski definition) is 0. The summed E-state index contributed by atoms with van der Waals surface area (Å²) in [6, 6.07) is 0.538. The molecule has 4 bridgehead atoms. The molecule has 26 heavy (non-hydrogen) atoms. The van der Waals surface area contributed by atoms with E-state index in [2.05, 4.69) is 21.7 Å². The fraction of sp³-hybridized carbons (Fsp3) is 0.857. The minimum absolute atomic E-state index is 0.0203. The summed E-state index contributed by atoms with van der Waals surface area (Å²) >= 11 is 1.66. The van der Waals surface area contributed by atoms with Crippen molar-refractivity contribution in [2.45, 2.75) is 88.8 Å². The molecule has 5 saturated carbocycles. The van der Waals surface area contributed by atoms with Gasteiger partial charge in [0, 0.05) is 11.5 Å². The summed E-state index contributed by atoms with van der Waals surface area (Å²) in [4.78, 5) is 13.3. The average Bonchev–Trinajstić information content (AvgIpc) is 3.00. The number of aryl methyl sites for hydroxylation is 1. The molecule has 1 aromatic rings. The first kappa shape index (κ1) is 17.3. The van der Waals surface area contributed by atoms with Gasteiger partial charge in [0.05, 0.1) is 5.75 Å². The molecule has 1 aromatic heterocycles. The molecule has 0 unspecified atom stereocenters. The molecule has 0 amide bonds. The summed E-state index contributed by atoms with van der Waals surface area (Å²) in [7, 11) is 0. The average molecular weight is 374 g/mol. The van der Waals surface area contributed by atoms with Gasteiger partial charge in [-0.3, -0.25) is 4.79 Å². The van der Waals surface area contributed by atoms with E-state index < -0.39 is 0 Å². The molecule has 0 radical (unpaired) electrons. The van der Waals surface area contributed by atoms with Crippen LogP contribution >= 0.6 is 11.8 Å². The van der Waals surface area contributed by atoms with E-state index in [0.29, 0.717) is 17.6 Å². The van der Waals surface area contributed by atoms with Crippen LogP contribution in [0.1, 0.15) is 82.5 Å². The summed E-state index contributed by atoms with van der Waals surface area (Å²) < 4.78 is 2.33. The highest BCUT2D eigenvalue weighted by molar-refractivity contribution is 7.99. The van der Waals surface area contributed by atoms with E-state index in [1.54, 1.807) is 11.8 Å². The van der Waals surface area contributed by atoms with E-state index >= 15 is 0 Å². The Labute approximate surface area is 160 Å². The monoisotopic (exact) mass is 373 g/mol. The number of thioether (sulfide) groups is 1. The van der Waals surface area contributed by atoms with Crippen LogP contribution in [0.5, 0.6) is 0 Å². The normalized spacial score (nSPS) is 36.6. The topological polar surface area (TPSA) is 47.8 Å². The van der Waals surface area contributed by atoms with Crippen molar-refractivity contribution in [2.24, 2.45) is 23.2 Å². The maximum absolute atomic E-state index is 13.3. The highest BCUT2D eigenvalue weighted by Gasteiger charge is 2.54. The molecular formula is C21H31N3OS. The van der Waals surface area contributed by atoms with Crippen molar-refractivity contribution in [3.63, 3.8) is 0 Å². The molecule has 1 heterocycles. The number of nitrogens with zero attached hydrogens (tertiary/aromatic N) is 3. The van der Waals surface area contributed by atoms with Gasteiger partial charge in [0.2, 0.25) is 0 Å². The van der Waals surface area contributed by atoms with Gasteiger partial charge in [-0.05, 0) is 76.0 Å². The Morgan fingerprint density at radius 3 is 2.27 bits per heavy atom. The van der Waals surface area contributed by atoms with Gasteiger partial charge in [0.15, 0.2) is 5.16 Å². The van der Waals surface area contributed by atoms with E-state index in [1.165, 1.54) is 70.6 Å². The molecular weight excluding hydrogens is 342 g/mol. The van der Waals surface area contributed by atoms with Crippen molar-refractivity contribution in [2.75, 3.05) is 5.75 Å². The lowest BCUT2D eigenvalue weighted by molar-refractivity contribution is -0.141. The van der Waals surface area contributed by atoms with Gasteiger partial charge in [0.1, 0.15) is 11.6 Å². The van der Waals surface area contributed by atoms with E-state index in [9.17, 15) is 4.79 Å². The van der Waals surface area contributed by atoms with E-state index in [0.717, 1.165) is 28.7 Å². The Bertz CT molecular complexity index is 656. The number of aromatic nitrogens is 3. The smallest absolute Gasteiger partial charge is 0.191 e. The summed E-state index contributed by atoms with van der Waals surface area (Å²) in [6.45, 7) is 2.06. The number of carbonyl (C=O) groups excluding carboxylic acids is 1. The van der Waals surface area contributed by atoms with E-state index in [-0.39, 0.29) is 5.41 Å². The van der Waals surface area contributed by atoms with Crippen molar-refractivity contribution in [1.82, 2.24) is 14.8 Å². The third-order valence-corrected chi connectivity index (χ3v) is 8.68. The van der Waals surface area contributed by atoms with Crippen LogP contribution < -0.4 is 0 Å². The Kier molecular flexibility index (Phi) is 4.41. The highest BCUT2D eigenvalue weighted by atomic mass is 32.2. The van der Waals surface area contributed by atoms with Gasteiger partial charge >= 0.3 is 0 Å². The van der Waals surface area contributed by atoms with Gasteiger partial charge in [0.25, 0.3) is 0 Å². The first-order chi connectivity index (χ1) is 12.6. The molecule has 6 rings (SSSR count). The third kappa shape index (κ3) is 2.94. The van der Waals surface area contributed by atoms with Crippen molar-refractivity contribution in [1.29, 1.82) is 0 Å². The molecule has 5 heteroatoms. The maximum atomic E-state index is 13.3. The third-order valence-electron chi connectivity index (χ3n) is 7.74. The first-order valence-corrected chi connectivity index (χ1v) is 11.7. The highest BCUT2D eigenvalue weighted by Crippen LogP contribution is 2.60. The van der Waals surface area contributed by atoms with Gasteiger partial charge in [-0.15, -0.1) is 10.2 Å². The van der Waals surface area contributed by atoms with Gasteiger partial charge in [-0.25, -0.2) is 0 Å². The van der Waals surface area contributed by atoms with Crippen molar-refractivity contribution < 1.29 is 4.79 Å². The second-order valence-corrected chi connectivity index (χ2v) is 10.5. The molecule has 0 aromatic carbocycles. The lowest BCUT2D eigenvalue weighted by atomic mass is 9.48. The Morgan fingerprint density at radius 2 is 1.65 bits per heavy atom. The number of Topliss-reactive ketones (excluding diaryl/α,β-unsaturated/α-hetero) is 1. The second kappa shape index (κ2) is 6.65. The predicted molar refractivity (Wildman–Crippen MR) is 103 cm³/mol. The standard InChI is InChI=1S/C21H31N3OS/c1-14-22-23-20(24(14)18-5-3-2-4-6-18)26-13-19(25)21-10-15-7-16(11-21)9-17(8-15)12-21/h15-18H,2-13H2,1H3. The molecule has 142 valence electrons. The molecule has 0 N–H and O–H groups in total. The summed E-state index contributed by atoms with van der Waals surface area (Å²) in [6.07, 6.45) is 14.1. The van der Waals surface area contributed by atoms with E-state index in [1.807, 2.05) is 0 Å². The largest absolute Gasteiger partial charge is 0.303 e. The molecule has 5 aliphatic rings. The van der Waals surface area contributed by atoms with Crippen molar-refractivity contribution in [3.8, 4) is 0 Å². The second-order valence-electron chi connectivity index (χ2n) is 9.60. The molecule has 4 nitrogen and oxygen atoms in total. The molecule has 0 aliphatic heterocycles. The SMILES string of the molecule is Cc1nnc(SCC(=O)C23CC4CC(CC(C4)C2)C3)n1C1CCCCC1. The van der Waals surface area contributed by atoms with Gasteiger partial charge in [-0.1, -0.05) is 31.0 Å². The van der Waals surface area contributed by atoms with Crippen LogP contribution in [0.4, 0.5) is 0 Å². The lowest BCUT2D eigenvalue weighted by Crippen LogP contribution is -2.50. The minimum Gasteiger partial charge on any atom is -0.303 e. The zero-order chi connectivity index (χ0) is 17.7. The lowest BCUT2D eigenvalue weighted by Gasteiger charge is -2.56. The Hall–Kier alpha value is -0.840. The quantitative estimate of drug-likeness (QED) is 0.684. The van der Waals surface area contributed by atoms with Gasteiger partial charge < -0.3 is 4.57 Å². The Balaban J connectivity index is 1.29. The molecule has 0 spiro atoms. The van der Waals surface area contributed by atoms with Crippen LogP contribution in [-0.4, -0.2) is 26.3 Å².